The van der Waals surface area contributed by atoms with Crippen LogP contribution in [-0.4, -0.2) is 36.9 Å². The number of aliphatic hydroxyl groups is 1. The van der Waals surface area contributed by atoms with Crippen molar-refractivity contribution in [1.29, 1.82) is 5.26 Å². The Bertz CT molecular complexity index is 188. The fourth-order valence-electron chi connectivity index (χ4n) is 0.789. The Morgan fingerprint density at radius 1 is 1.77 bits per heavy atom. The number of hydrogen-bond acceptors (Lipinski definition) is 5. The zero-order valence-corrected chi connectivity index (χ0v) is 7.62. The van der Waals surface area contributed by atoms with Gasteiger partial charge in [0.25, 0.3) is 0 Å². The van der Waals surface area contributed by atoms with Gasteiger partial charge in [0.1, 0.15) is 6.04 Å². The fraction of sp³-hybridized carbons (Fsp3) is 0.750. The Balaban J connectivity index is 3.71. The monoisotopic (exact) mass is 186 g/mol. The number of carbonyl (C=O) groups excluding carboxylic acids is 1. The summed E-state index contributed by atoms with van der Waals surface area (Å²) in [6.07, 6.45) is 0.0182. The number of aliphatic hydroxyl groups excluding tert-OH is 1. The Labute approximate surface area is 77.3 Å². The third kappa shape index (κ3) is 6.08. The van der Waals surface area contributed by atoms with Crippen LogP contribution in [0.4, 0.5) is 0 Å². The van der Waals surface area contributed by atoms with Crippen LogP contribution in [-0.2, 0) is 9.53 Å². The second kappa shape index (κ2) is 7.53. The molecule has 0 heterocycles. The number of nitrogens with zero attached hydrogens (tertiary/aromatic N) is 1. The second-order valence-electron chi connectivity index (χ2n) is 2.37. The van der Waals surface area contributed by atoms with Crippen molar-refractivity contribution < 1.29 is 14.6 Å². The molecule has 0 saturated heterocycles. The number of esters is 1. The lowest BCUT2D eigenvalue weighted by Gasteiger charge is -2.08. The molecule has 74 valence electrons. The zero-order chi connectivity index (χ0) is 10.1. The van der Waals surface area contributed by atoms with E-state index in [-0.39, 0.29) is 13.0 Å². The van der Waals surface area contributed by atoms with E-state index in [0.717, 1.165) is 0 Å². The average Bonchev–Trinajstić information content (AvgIpc) is 2.12. The number of hydrogen-bond donors (Lipinski definition) is 2. The molecule has 0 aromatic carbocycles. The van der Waals surface area contributed by atoms with Crippen LogP contribution in [0.1, 0.15) is 13.3 Å². The number of ether oxygens (including phenoxy) is 1. The van der Waals surface area contributed by atoms with Crippen molar-refractivity contribution >= 4 is 5.97 Å². The van der Waals surface area contributed by atoms with E-state index in [2.05, 4.69) is 10.1 Å². The molecule has 0 spiro atoms. The summed E-state index contributed by atoms with van der Waals surface area (Å²) in [7, 11) is 0. The van der Waals surface area contributed by atoms with Gasteiger partial charge in [-0.1, -0.05) is 0 Å². The Morgan fingerprint density at radius 3 is 2.92 bits per heavy atom. The molecule has 1 unspecified atom stereocenters. The van der Waals surface area contributed by atoms with Crippen molar-refractivity contribution in [2.45, 2.75) is 19.4 Å². The molecule has 0 bridgehead atoms. The maximum atomic E-state index is 10.9. The van der Waals surface area contributed by atoms with Crippen LogP contribution in [0.25, 0.3) is 0 Å². The summed E-state index contributed by atoms with van der Waals surface area (Å²) in [5.41, 5.74) is 0. The molecule has 0 rings (SSSR count). The third-order valence-electron chi connectivity index (χ3n) is 1.33. The molecule has 0 aliphatic rings. The number of nitrogens with one attached hydrogen (secondary N) is 1. The normalized spacial score (nSPS) is 11.8. The second-order valence-corrected chi connectivity index (χ2v) is 2.37. The predicted molar refractivity (Wildman–Crippen MR) is 45.7 cm³/mol. The largest absolute Gasteiger partial charge is 0.466 e. The highest BCUT2D eigenvalue weighted by atomic mass is 16.5. The topological polar surface area (TPSA) is 82.4 Å². The molecule has 0 radical (unpaired) electrons. The lowest BCUT2D eigenvalue weighted by molar-refractivity contribution is -0.143. The van der Waals surface area contributed by atoms with Gasteiger partial charge in [-0.25, -0.2) is 0 Å². The van der Waals surface area contributed by atoms with Crippen molar-refractivity contribution in [2.75, 3.05) is 19.8 Å². The quantitative estimate of drug-likeness (QED) is 0.542. The Kier molecular flexibility index (Phi) is 6.88. The first kappa shape index (κ1) is 11.9. The van der Waals surface area contributed by atoms with Gasteiger partial charge < -0.3 is 9.84 Å². The van der Waals surface area contributed by atoms with Gasteiger partial charge in [-0.05, 0) is 6.92 Å². The number of rotatable bonds is 6. The van der Waals surface area contributed by atoms with E-state index in [1.54, 1.807) is 6.92 Å². The number of carbonyl (C=O) groups is 1. The van der Waals surface area contributed by atoms with Crippen LogP contribution >= 0.6 is 0 Å². The molecule has 0 aromatic rings. The van der Waals surface area contributed by atoms with E-state index in [1.807, 2.05) is 6.07 Å². The highest BCUT2D eigenvalue weighted by Gasteiger charge is 2.12. The van der Waals surface area contributed by atoms with Gasteiger partial charge in [0.2, 0.25) is 0 Å². The summed E-state index contributed by atoms with van der Waals surface area (Å²) in [4.78, 5) is 10.9. The van der Waals surface area contributed by atoms with Gasteiger partial charge in [0.05, 0.1) is 25.7 Å². The standard InChI is InChI=1S/C8H14N2O3/c1-2-13-8(12)5-7(6-9)10-3-4-11/h7,10-11H,2-5H2,1H3. The van der Waals surface area contributed by atoms with Crippen molar-refractivity contribution in [2.24, 2.45) is 0 Å². The molecule has 2 N–H and O–H groups in total. The summed E-state index contributed by atoms with van der Waals surface area (Å²) in [5, 5.41) is 19.7. The van der Waals surface area contributed by atoms with Crippen molar-refractivity contribution in [3.63, 3.8) is 0 Å². The molecule has 0 fully saturated rings. The molecule has 1 atom stereocenters. The van der Waals surface area contributed by atoms with Gasteiger partial charge in [-0.2, -0.15) is 5.26 Å². The van der Waals surface area contributed by atoms with E-state index in [4.69, 9.17) is 10.4 Å². The van der Waals surface area contributed by atoms with E-state index >= 15 is 0 Å². The van der Waals surface area contributed by atoms with Gasteiger partial charge in [0, 0.05) is 6.54 Å². The Hall–Kier alpha value is -1.12. The first-order valence-electron chi connectivity index (χ1n) is 4.14. The minimum atomic E-state index is -0.578. The molecule has 13 heavy (non-hydrogen) atoms. The van der Waals surface area contributed by atoms with Crippen LogP contribution < -0.4 is 5.32 Å². The summed E-state index contributed by atoms with van der Waals surface area (Å²) >= 11 is 0. The highest BCUT2D eigenvalue weighted by Crippen LogP contribution is 1.93. The maximum Gasteiger partial charge on any atom is 0.308 e. The molecule has 0 saturated carbocycles. The van der Waals surface area contributed by atoms with Gasteiger partial charge >= 0.3 is 5.97 Å². The summed E-state index contributed by atoms with van der Waals surface area (Å²) in [6, 6.07) is 1.33. The summed E-state index contributed by atoms with van der Waals surface area (Å²) < 4.78 is 4.66. The smallest absolute Gasteiger partial charge is 0.308 e. The highest BCUT2D eigenvalue weighted by molar-refractivity contribution is 5.70. The lowest BCUT2D eigenvalue weighted by Crippen LogP contribution is -2.32. The molecule has 5 heteroatoms. The van der Waals surface area contributed by atoms with E-state index in [0.29, 0.717) is 13.2 Å². The van der Waals surface area contributed by atoms with Crippen LogP contribution in [0.2, 0.25) is 0 Å². The van der Waals surface area contributed by atoms with Crippen LogP contribution in [0.5, 0.6) is 0 Å². The van der Waals surface area contributed by atoms with Gasteiger partial charge in [0.15, 0.2) is 0 Å². The molecule has 0 aliphatic carbocycles. The molecule has 0 amide bonds. The minimum absolute atomic E-state index is 0.0182. The van der Waals surface area contributed by atoms with Crippen LogP contribution in [0, 0.1) is 11.3 Å². The van der Waals surface area contributed by atoms with Crippen LogP contribution in [0.3, 0.4) is 0 Å². The predicted octanol–water partition coefficient (Wildman–Crippen LogP) is -0.586. The van der Waals surface area contributed by atoms with Gasteiger partial charge in [-0.3, -0.25) is 10.1 Å². The first-order chi connectivity index (χ1) is 6.24. The molecule has 0 aromatic heterocycles. The van der Waals surface area contributed by atoms with E-state index in [1.165, 1.54) is 0 Å². The molecular formula is C8H14N2O3. The van der Waals surface area contributed by atoms with Gasteiger partial charge in [-0.15, -0.1) is 0 Å². The SMILES string of the molecule is CCOC(=O)CC(C#N)NCCO. The molecule has 0 aliphatic heterocycles. The van der Waals surface area contributed by atoms with Crippen molar-refractivity contribution in [1.82, 2.24) is 5.32 Å². The summed E-state index contributed by atoms with van der Waals surface area (Å²) in [5.74, 6) is -0.403. The van der Waals surface area contributed by atoms with Crippen molar-refractivity contribution in [3.05, 3.63) is 0 Å². The average molecular weight is 186 g/mol. The minimum Gasteiger partial charge on any atom is -0.466 e. The zero-order valence-electron chi connectivity index (χ0n) is 7.62. The lowest BCUT2D eigenvalue weighted by atomic mass is 10.2. The summed E-state index contributed by atoms with van der Waals surface area (Å²) in [6.45, 7) is 2.27. The van der Waals surface area contributed by atoms with Crippen molar-refractivity contribution in [3.8, 4) is 6.07 Å². The Morgan fingerprint density at radius 2 is 2.46 bits per heavy atom. The molecule has 5 nitrogen and oxygen atoms in total. The first-order valence-corrected chi connectivity index (χ1v) is 4.14. The van der Waals surface area contributed by atoms with E-state index in [9.17, 15) is 4.79 Å². The van der Waals surface area contributed by atoms with Crippen LogP contribution in [0.15, 0.2) is 0 Å². The van der Waals surface area contributed by atoms with E-state index < -0.39 is 12.0 Å². The maximum absolute atomic E-state index is 10.9. The molecular weight excluding hydrogens is 172 g/mol. The fourth-order valence-corrected chi connectivity index (χ4v) is 0.789. The third-order valence-corrected chi connectivity index (χ3v) is 1.33. The number of nitriles is 1.